The molecule has 0 spiro atoms. The standard InChI is InChI=1S/C43H82O4/c1-3-5-7-9-11-13-15-17-18-19-21-22-24-26-29-33-37-41(38-34-30-28-31-35-39-42(44)45)47-43(46)40-36-32-27-25-23-20-16-14-12-10-8-6-4-2/h14,16,41H,3-13,15,17-40H2,1-2H3,(H,44,45)/b16-14-. The van der Waals surface area contributed by atoms with Crippen molar-refractivity contribution in [1.29, 1.82) is 0 Å². The van der Waals surface area contributed by atoms with Crippen LogP contribution in [0.25, 0.3) is 0 Å². The molecule has 0 aromatic carbocycles. The van der Waals surface area contributed by atoms with Gasteiger partial charge in [-0.3, -0.25) is 9.59 Å². The molecule has 4 nitrogen and oxygen atoms in total. The Morgan fingerprint density at radius 3 is 1.17 bits per heavy atom. The van der Waals surface area contributed by atoms with Gasteiger partial charge in [0.25, 0.3) is 0 Å². The van der Waals surface area contributed by atoms with Crippen LogP contribution in [-0.2, 0) is 14.3 Å². The molecule has 0 aliphatic carbocycles. The third kappa shape index (κ3) is 39.0. The van der Waals surface area contributed by atoms with Gasteiger partial charge in [-0.15, -0.1) is 0 Å². The number of esters is 1. The molecule has 0 bridgehead atoms. The van der Waals surface area contributed by atoms with E-state index in [1.54, 1.807) is 0 Å². The minimum absolute atomic E-state index is 0.000965. The summed E-state index contributed by atoms with van der Waals surface area (Å²) in [6.07, 6.45) is 48.1. The zero-order valence-corrected chi connectivity index (χ0v) is 31.9. The molecular weight excluding hydrogens is 580 g/mol. The van der Waals surface area contributed by atoms with E-state index in [2.05, 4.69) is 26.0 Å². The summed E-state index contributed by atoms with van der Waals surface area (Å²) in [7, 11) is 0. The molecule has 0 rings (SSSR count). The number of unbranched alkanes of at least 4 members (excludes halogenated alkanes) is 28. The fourth-order valence-electron chi connectivity index (χ4n) is 6.59. The van der Waals surface area contributed by atoms with Gasteiger partial charge in [0.2, 0.25) is 0 Å². The van der Waals surface area contributed by atoms with Gasteiger partial charge in [-0.25, -0.2) is 0 Å². The minimum atomic E-state index is -0.698. The van der Waals surface area contributed by atoms with Gasteiger partial charge < -0.3 is 9.84 Å². The van der Waals surface area contributed by atoms with Crippen LogP contribution >= 0.6 is 0 Å². The Morgan fingerprint density at radius 1 is 0.447 bits per heavy atom. The second-order valence-electron chi connectivity index (χ2n) is 14.5. The van der Waals surface area contributed by atoms with Crippen LogP contribution in [0.4, 0.5) is 0 Å². The Bertz CT molecular complexity index is 673. The lowest BCUT2D eigenvalue weighted by molar-refractivity contribution is -0.150. The van der Waals surface area contributed by atoms with Crippen LogP contribution in [0.5, 0.6) is 0 Å². The molecule has 4 heteroatoms. The number of hydrogen-bond donors (Lipinski definition) is 1. The maximum atomic E-state index is 12.7. The Kier molecular flexibility index (Phi) is 38.0. The molecule has 0 aromatic heterocycles. The largest absolute Gasteiger partial charge is 0.481 e. The molecule has 0 amide bonds. The Labute approximate surface area is 294 Å². The van der Waals surface area contributed by atoms with E-state index in [0.717, 1.165) is 64.2 Å². The molecule has 0 heterocycles. The van der Waals surface area contributed by atoms with Gasteiger partial charge in [0.05, 0.1) is 0 Å². The van der Waals surface area contributed by atoms with Gasteiger partial charge >= 0.3 is 11.9 Å². The maximum Gasteiger partial charge on any atom is 0.306 e. The number of aliphatic carboxylic acids is 1. The van der Waals surface area contributed by atoms with Crippen molar-refractivity contribution in [2.45, 2.75) is 251 Å². The van der Waals surface area contributed by atoms with Gasteiger partial charge in [-0.05, 0) is 64.2 Å². The van der Waals surface area contributed by atoms with Crippen molar-refractivity contribution in [2.24, 2.45) is 0 Å². The van der Waals surface area contributed by atoms with Crippen LogP contribution in [0.3, 0.4) is 0 Å². The number of ether oxygens (including phenoxy) is 1. The van der Waals surface area contributed by atoms with E-state index < -0.39 is 5.97 Å². The lowest BCUT2D eigenvalue weighted by Gasteiger charge is -2.18. The zero-order valence-electron chi connectivity index (χ0n) is 31.9. The molecule has 1 unspecified atom stereocenters. The predicted molar refractivity (Wildman–Crippen MR) is 204 cm³/mol. The highest BCUT2D eigenvalue weighted by Crippen LogP contribution is 2.19. The van der Waals surface area contributed by atoms with Crippen molar-refractivity contribution in [2.75, 3.05) is 0 Å². The summed E-state index contributed by atoms with van der Waals surface area (Å²) < 4.78 is 6.02. The van der Waals surface area contributed by atoms with Crippen molar-refractivity contribution in [3.63, 3.8) is 0 Å². The summed E-state index contributed by atoms with van der Waals surface area (Å²) >= 11 is 0. The van der Waals surface area contributed by atoms with Crippen molar-refractivity contribution < 1.29 is 19.4 Å². The van der Waals surface area contributed by atoms with Crippen LogP contribution in [0.2, 0.25) is 0 Å². The number of carboxylic acid groups (broad SMARTS) is 1. The zero-order chi connectivity index (χ0) is 34.3. The van der Waals surface area contributed by atoms with Gasteiger partial charge in [0.1, 0.15) is 6.10 Å². The third-order valence-corrected chi connectivity index (χ3v) is 9.74. The lowest BCUT2D eigenvalue weighted by atomic mass is 10.0. The SMILES string of the molecule is CCCCCC/C=C\CCCCCCCC(=O)OC(CCCCCCCCCCCCCCCCCC)CCCCCCCC(=O)O. The summed E-state index contributed by atoms with van der Waals surface area (Å²) in [4.78, 5) is 23.4. The monoisotopic (exact) mass is 663 g/mol. The first-order chi connectivity index (χ1) is 23.1. The van der Waals surface area contributed by atoms with Crippen LogP contribution in [0.1, 0.15) is 245 Å². The van der Waals surface area contributed by atoms with E-state index in [1.165, 1.54) is 154 Å². The second-order valence-corrected chi connectivity index (χ2v) is 14.5. The Morgan fingerprint density at radius 2 is 0.766 bits per heavy atom. The fourth-order valence-corrected chi connectivity index (χ4v) is 6.59. The summed E-state index contributed by atoms with van der Waals surface area (Å²) in [5.74, 6) is -0.699. The number of allylic oxidation sites excluding steroid dienone is 2. The van der Waals surface area contributed by atoms with Crippen molar-refractivity contribution in [3.05, 3.63) is 12.2 Å². The topological polar surface area (TPSA) is 63.6 Å². The van der Waals surface area contributed by atoms with Crippen molar-refractivity contribution in [1.82, 2.24) is 0 Å². The summed E-state index contributed by atoms with van der Waals surface area (Å²) in [5, 5.41) is 8.83. The van der Waals surface area contributed by atoms with Gasteiger partial charge in [-0.2, -0.15) is 0 Å². The normalized spacial score (nSPS) is 12.2. The first kappa shape index (κ1) is 45.7. The Balaban J connectivity index is 4.00. The average molecular weight is 663 g/mol. The van der Waals surface area contributed by atoms with Crippen molar-refractivity contribution in [3.8, 4) is 0 Å². The summed E-state index contributed by atoms with van der Waals surface area (Å²) in [5.41, 5.74) is 0. The van der Waals surface area contributed by atoms with Crippen molar-refractivity contribution >= 4 is 11.9 Å². The number of carbonyl (C=O) groups is 2. The highest BCUT2D eigenvalue weighted by atomic mass is 16.5. The highest BCUT2D eigenvalue weighted by Gasteiger charge is 2.14. The quantitative estimate of drug-likeness (QED) is 0.0404. The predicted octanol–water partition coefficient (Wildman–Crippen LogP) is 14.6. The molecule has 278 valence electrons. The first-order valence-electron chi connectivity index (χ1n) is 21.2. The van der Waals surface area contributed by atoms with E-state index in [9.17, 15) is 9.59 Å². The van der Waals surface area contributed by atoms with E-state index in [0.29, 0.717) is 6.42 Å². The Hall–Kier alpha value is -1.32. The number of hydrogen-bond acceptors (Lipinski definition) is 3. The second kappa shape index (κ2) is 39.1. The number of carboxylic acids is 1. The summed E-state index contributed by atoms with van der Waals surface area (Å²) in [6.45, 7) is 4.55. The minimum Gasteiger partial charge on any atom is -0.481 e. The molecule has 0 aliphatic heterocycles. The average Bonchev–Trinajstić information content (AvgIpc) is 3.05. The van der Waals surface area contributed by atoms with Crippen LogP contribution < -0.4 is 0 Å². The molecule has 0 radical (unpaired) electrons. The fraction of sp³-hybridized carbons (Fsp3) is 0.907. The lowest BCUT2D eigenvalue weighted by Crippen LogP contribution is -2.18. The van der Waals surface area contributed by atoms with Gasteiger partial charge in [-0.1, -0.05) is 180 Å². The van der Waals surface area contributed by atoms with E-state index in [1.807, 2.05) is 0 Å². The third-order valence-electron chi connectivity index (χ3n) is 9.74. The smallest absolute Gasteiger partial charge is 0.306 e. The van der Waals surface area contributed by atoms with Crippen LogP contribution in [0, 0.1) is 0 Å². The molecule has 0 saturated carbocycles. The van der Waals surface area contributed by atoms with Gasteiger partial charge in [0.15, 0.2) is 0 Å². The summed E-state index contributed by atoms with van der Waals surface area (Å²) in [6, 6.07) is 0. The highest BCUT2D eigenvalue weighted by molar-refractivity contribution is 5.69. The molecule has 0 aliphatic rings. The van der Waals surface area contributed by atoms with Crippen LogP contribution in [0.15, 0.2) is 12.2 Å². The first-order valence-corrected chi connectivity index (χ1v) is 21.2. The molecular formula is C43H82O4. The van der Waals surface area contributed by atoms with E-state index in [-0.39, 0.29) is 18.5 Å². The number of rotatable bonds is 39. The molecule has 0 aromatic rings. The molecule has 47 heavy (non-hydrogen) atoms. The number of carbonyl (C=O) groups excluding carboxylic acids is 1. The van der Waals surface area contributed by atoms with Crippen LogP contribution in [-0.4, -0.2) is 23.1 Å². The van der Waals surface area contributed by atoms with E-state index >= 15 is 0 Å². The van der Waals surface area contributed by atoms with Gasteiger partial charge in [0, 0.05) is 12.8 Å². The molecule has 1 atom stereocenters. The maximum absolute atomic E-state index is 12.7. The molecule has 0 saturated heterocycles. The molecule has 1 N–H and O–H groups in total. The van der Waals surface area contributed by atoms with E-state index in [4.69, 9.17) is 9.84 Å². The molecule has 0 fully saturated rings.